The molecule has 0 atom stereocenters. The van der Waals surface area contributed by atoms with Crippen LogP contribution >= 0.6 is 0 Å². The topological polar surface area (TPSA) is 0 Å². The minimum absolute atomic E-state index is 0.440. The third-order valence-electron chi connectivity index (χ3n) is 4.06. The molecule has 0 saturated carbocycles. The van der Waals surface area contributed by atoms with E-state index in [1.54, 1.807) is 0 Å². The van der Waals surface area contributed by atoms with E-state index in [1.807, 2.05) is 6.07 Å². The Bertz CT molecular complexity index is 738. The van der Waals surface area contributed by atoms with Crippen molar-refractivity contribution in [3.8, 4) is 0 Å². The second-order valence-electron chi connectivity index (χ2n) is 6.03. The van der Waals surface area contributed by atoms with Crippen LogP contribution in [0.4, 0.5) is 0 Å². The Hall–Kier alpha value is -2.82. The molecule has 3 aromatic carbocycles. The molecule has 0 heteroatoms. The molecule has 0 N–H and O–H groups in total. The van der Waals surface area contributed by atoms with Crippen molar-refractivity contribution in [3.05, 3.63) is 119 Å². The minimum atomic E-state index is 0.440. The quantitative estimate of drug-likeness (QED) is 0.493. The van der Waals surface area contributed by atoms with Gasteiger partial charge in [0, 0.05) is 0 Å². The first-order valence-electron chi connectivity index (χ1n) is 8.46. The van der Waals surface area contributed by atoms with Crippen molar-refractivity contribution in [1.29, 1.82) is 0 Å². The fraction of sp³-hybridized carbons (Fsp3) is 0.125. The van der Waals surface area contributed by atoms with Crippen LogP contribution in [-0.2, 0) is 12.8 Å². The van der Waals surface area contributed by atoms with Gasteiger partial charge >= 0.3 is 0 Å². The van der Waals surface area contributed by atoms with Gasteiger partial charge in [-0.05, 0) is 47.6 Å². The van der Waals surface area contributed by atoms with Crippen LogP contribution < -0.4 is 0 Å². The highest BCUT2D eigenvalue weighted by Crippen LogP contribution is 2.16. The van der Waals surface area contributed by atoms with Gasteiger partial charge in [0.05, 0.1) is 0 Å². The molecule has 24 heavy (non-hydrogen) atoms. The van der Waals surface area contributed by atoms with Crippen LogP contribution in [0.1, 0.15) is 16.7 Å². The maximum absolute atomic E-state index is 3.39. The van der Waals surface area contributed by atoms with E-state index in [4.69, 9.17) is 0 Å². The van der Waals surface area contributed by atoms with E-state index >= 15 is 0 Å². The lowest BCUT2D eigenvalue weighted by molar-refractivity contribution is 0.645. The average Bonchev–Trinajstić information content (AvgIpc) is 2.64. The molecule has 0 aliphatic carbocycles. The summed E-state index contributed by atoms with van der Waals surface area (Å²) in [5, 5.41) is 0. The van der Waals surface area contributed by atoms with Crippen LogP contribution in [0.25, 0.3) is 6.08 Å². The van der Waals surface area contributed by atoms with Crippen LogP contribution in [0.2, 0.25) is 0 Å². The molecular weight excluding hydrogens is 288 g/mol. The molecule has 118 valence electrons. The number of allylic oxidation sites excluding steroid dienone is 1. The molecule has 0 heterocycles. The summed E-state index contributed by atoms with van der Waals surface area (Å²) in [6.07, 6.45) is 6.34. The Morgan fingerprint density at radius 1 is 0.625 bits per heavy atom. The summed E-state index contributed by atoms with van der Waals surface area (Å²) in [6, 6.07) is 31.7. The predicted octanol–water partition coefficient (Wildman–Crippen LogP) is 5.96. The fourth-order valence-corrected chi connectivity index (χ4v) is 2.85. The largest absolute Gasteiger partial charge is 0.124 e. The van der Waals surface area contributed by atoms with Crippen LogP contribution in [0, 0.1) is 5.92 Å². The number of rotatable bonds is 6. The molecule has 0 bridgehead atoms. The van der Waals surface area contributed by atoms with Gasteiger partial charge in [0.1, 0.15) is 0 Å². The zero-order chi connectivity index (χ0) is 16.5. The molecule has 0 aromatic heterocycles. The maximum atomic E-state index is 3.39. The van der Waals surface area contributed by atoms with E-state index in [1.165, 1.54) is 16.7 Å². The van der Waals surface area contributed by atoms with Gasteiger partial charge < -0.3 is 0 Å². The fourth-order valence-electron chi connectivity index (χ4n) is 2.85. The zero-order valence-electron chi connectivity index (χ0n) is 13.8. The number of hydrogen-bond donors (Lipinski definition) is 0. The van der Waals surface area contributed by atoms with E-state index < -0.39 is 0 Å². The van der Waals surface area contributed by atoms with Gasteiger partial charge in [-0.3, -0.25) is 0 Å². The van der Waals surface area contributed by atoms with Crippen LogP contribution in [0.15, 0.2) is 103 Å². The van der Waals surface area contributed by atoms with E-state index in [2.05, 4.69) is 103 Å². The Labute approximate surface area is 144 Å². The predicted molar refractivity (Wildman–Crippen MR) is 103 cm³/mol. The highest BCUT2D eigenvalue weighted by Gasteiger charge is 2.07. The highest BCUT2D eigenvalue weighted by molar-refractivity contribution is 5.48. The van der Waals surface area contributed by atoms with Gasteiger partial charge in [-0.2, -0.15) is 0 Å². The minimum Gasteiger partial charge on any atom is -0.124 e. The summed E-state index contributed by atoms with van der Waals surface area (Å²) >= 11 is 0. The van der Waals surface area contributed by atoms with Gasteiger partial charge in [0.25, 0.3) is 0 Å². The first-order valence-corrected chi connectivity index (χ1v) is 8.46. The summed E-state index contributed by atoms with van der Waals surface area (Å²) in [5.41, 5.74) is 7.32. The lowest BCUT2D eigenvalue weighted by Crippen LogP contribution is -2.05. The van der Waals surface area contributed by atoms with Gasteiger partial charge in [0.15, 0.2) is 0 Å². The van der Waals surface area contributed by atoms with E-state index in [9.17, 15) is 0 Å². The normalized spacial score (nSPS) is 10.2. The van der Waals surface area contributed by atoms with Gasteiger partial charge in [0.2, 0.25) is 0 Å². The Morgan fingerprint density at radius 3 is 1.58 bits per heavy atom. The maximum Gasteiger partial charge on any atom is -0.00765 e. The van der Waals surface area contributed by atoms with Crippen LogP contribution in [-0.4, -0.2) is 0 Å². The molecule has 0 unspecified atom stereocenters. The monoisotopic (exact) mass is 310 g/mol. The Kier molecular flexibility index (Phi) is 5.83. The highest BCUT2D eigenvalue weighted by atomic mass is 14.1. The van der Waals surface area contributed by atoms with Crippen LogP contribution in [0.3, 0.4) is 0 Å². The average molecular weight is 310 g/mol. The second kappa shape index (κ2) is 8.72. The zero-order valence-corrected chi connectivity index (χ0v) is 13.8. The smallest absolute Gasteiger partial charge is 0.00765 e. The summed E-state index contributed by atoms with van der Waals surface area (Å²) in [5.74, 6) is 0.440. The molecule has 0 amide bonds. The standard InChI is InChI=1S/C24H22/c1-4-11-21(12-5-1)17-10-18-24(19-22-13-6-2-7-14-22)20-23-15-8-3-9-16-23/h1-9,11-18,24H,19-20H2. The summed E-state index contributed by atoms with van der Waals surface area (Å²) < 4.78 is 0. The van der Waals surface area contributed by atoms with Crippen molar-refractivity contribution in [2.45, 2.75) is 12.8 Å². The first-order chi connectivity index (χ1) is 11.9. The number of hydrogen-bond acceptors (Lipinski definition) is 0. The second-order valence-corrected chi connectivity index (χ2v) is 6.03. The van der Waals surface area contributed by atoms with Gasteiger partial charge in [-0.1, -0.05) is 91.0 Å². The van der Waals surface area contributed by atoms with Crippen LogP contribution in [0.5, 0.6) is 0 Å². The summed E-state index contributed by atoms with van der Waals surface area (Å²) in [6.45, 7) is 0. The lowest BCUT2D eigenvalue weighted by atomic mass is 9.92. The van der Waals surface area contributed by atoms with E-state index in [0.717, 1.165) is 12.8 Å². The first kappa shape index (κ1) is 16.1. The van der Waals surface area contributed by atoms with Crippen molar-refractivity contribution in [1.82, 2.24) is 0 Å². The molecule has 0 aliphatic rings. The molecule has 0 fully saturated rings. The molecule has 3 aromatic rings. The van der Waals surface area contributed by atoms with Crippen molar-refractivity contribution < 1.29 is 0 Å². The van der Waals surface area contributed by atoms with Gasteiger partial charge in [-0.25, -0.2) is 0 Å². The molecule has 3 rings (SSSR count). The Balaban J connectivity index is 1.77. The van der Waals surface area contributed by atoms with Crippen molar-refractivity contribution in [2.24, 2.45) is 5.92 Å². The molecular formula is C24H22. The third-order valence-corrected chi connectivity index (χ3v) is 4.06. The van der Waals surface area contributed by atoms with E-state index in [-0.39, 0.29) is 0 Å². The van der Waals surface area contributed by atoms with Crippen molar-refractivity contribution in [2.75, 3.05) is 0 Å². The van der Waals surface area contributed by atoms with Crippen molar-refractivity contribution in [3.63, 3.8) is 0 Å². The van der Waals surface area contributed by atoms with Gasteiger partial charge in [-0.15, -0.1) is 5.73 Å². The Morgan fingerprint density at radius 2 is 1.08 bits per heavy atom. The SMILES string of the molecule is C(=Cc1ccccc1)=CC(Cc1ccccc1)Cc1ccccc1. The molecule has 0 nitrogen and oxygen atoms in total. The summed E-state index contributed by atoms with van der Waals surface area (Å²) in [7, 11) is 0. The van der Waals surface area contributed by atoms with Crippen molar-refractivity contribution >= 4 is 6.08 Å². The summed E-state index contributed by atoms with van der Waals surface area (Å²) in [4.78, 5) is 0. The molecule has 0 aliphatic heterocycles. The number of benzene rings is 3. The third kappa shape index (κ3) is 5.12. The molecule has 0 saturated heterocycles. The molecule has 0 spiro atoms. The molecule has 0 radical (unpaired) electrons. The van der Waals surface area contributed by atoms with E-state index in [0.29, 0.717) is 5.92 Å². The lowest BCUT2D eigenvalue weighted by Gasteiger charge is -2.12.